The Bertz CT molecular complexity index is 1050. The van der Waals surface area contributed by atoms with Crippen molar-refractivity contribution in [2.75, 3.05) is 5.32 Å². The number of aryl methyl sites for hydroxylation is 1. The van der Waals surface area contributed by atoms with E-state index < -0.39 is 0 Å². The molecule has 0 radical (unpaired) electrons. The molecular formula is C22H22N4. The third-order valence-corrected chi connectivity index (χ3v) is 4.55. The average Bonchev–Trinajstić information content (AvgIpc) is 3.05. The van der Waals surface area contributed by atoms with E-state index in [0.29, 0.717) is 5.92 Å². The third-order valence-electron chi connectivity index (χ3n) is 4.55. The van der Waals surface area contributed by atoms with Crippen LogP contribution in [0.1, 0.15) is 30.9 Å². The van der Waals surface area contributed by atoms with Crippen LogP contribution in [0.4, 0.5) is 11.5 Å². The van der Waals surface area contributed by atoms with Gasteiger partial charge in [0.25, 0.3) is 0 Å². The molecule has 0 unspecified atom stereocenters. The molecule has 0 fully saturated rings. The lowest BCUT2D eigenvalue weighted by Crippen LogP contribution is -1.97. The van der Waals surface area contributed by atoms with Crippen molar-refractivity contribution in [1.29, 1.82) is 0 Å². The third kappa shape index (κ3) is 3.18. The molecule has 2 heterocycles. The lowest BCUT2D eigenvalue weighted by Gasteiger charge is -2.09. The van der Waals surface area contributed by atoms with Gasteiger partial charge in [0, 0.05) is 17.4 Å². The Balaban J connectivity index is 1.67. The molecule has 26 heavy (non-hydrogen) atoms. The summed E-state index contributed by atoms with van der Waals surface area (Å²) in [4.78, 5) is 4.78. The molecule has 4 heteroatoms. The highest BCUT2D eigenvalue weighted by Gasteiger charge is 2.09. The molecule has 0 saturated heterocycles. The number of anilines is 2. The molecule has 0 atom stereocenters. The fourth-order valence-corrected chi connectivity index (χ4v) is 3.05. The fourth-order valence-electron chi connectivity index (χ4n) is 3.05. The summed E-state index contributed by atoms with van der Waals surface area (Å²) in [5, 5.41) is 7.82. The normalized spacial score (nSPS) is 11.2. The second kappa shape index (κ2) is 6.64. The van der Waals surface area contributed by atoms with Crippen LogP contribution in [-0.2, 0) is 0 Å². The van der Waals surface area contributed by atoms with Crippen LogP contribution < -0.4 is 5.32 Å². The maximum atomic E-state index is 4.78. The fraction of sp³-hybridized carbons (Fsp3) is 0.182. The van der Waals surface area contributed by atoms with Crippen molar-refractivity contribution in [2.24, 2.45) is 0 Å². The summed E-state index contributed by atoms with van der Waals surface area (Å²) < 4.78 is 1.81. The Morgan fingerprint density at radius 3 is 2.54 bits per heavy atom. The second-order valence-corrected chi connectivity index (χ2v) is 6.91. The molecule has 0 aliphatic heterocycles. The van der Waals surface area contributed by atoms with Crippen LogP contribution in [0.5, 0.6) is 0 Å². The zero-order valence-corrected chi connectivity index (χ0v) is 15.3. The van der Waals surface area contributed by atoms with Crippen LogP contribution in [0.2, 0.25) is 0 Å². The molecule has 1 N–H and O–H groups in total. The quantitative estimate of drug-likeness (QED) is 0.527. The maximum absolute atomic E-state index is 4.78. The van der Waals surface area contributed by atoms with Gasteiger partial charge in [0.2, 0.25) is 0 Å². The molecular weight excluding hydrogens is 320 g/mol. The van der Waals surface area contributed by atoms with Gasteiger partial charge in [-0.1, -0.05) is 55.8 Å². The number of aromatic nitrogens is 3. The van der Waals surface area contributed by atoms with Crippen molar-refractivity contribution >= 4 is 17.2 Å². The van der Waals surface area contributed by atoms with Gasteiger partial charge in [-0.15, -0.1) is 0 Å². The standard InChI is InChI=1S/C22H22N4/c1-15(2)17-7-9-19(10-8-17)24-21-11-12-26-22(25-21)20(14-23-26)18-6-4-5-16(3)13-18/h4-15H,1-3H3,(H,24,25). The highest BCUT2D eigenvalue weighted by molar-refractivity contribution is 5.78. The number of fused-ring (bicyclic) bond motifs is 1. The molecule has 4 rings (SSSR count). The van der Waals surface area contributed by atoms with Crippen molar-refractivity contribution in [2.45, 2.75) is 26.7 Å². The first-order valence-corrected chi connectivity index (χ1v) is 8.88. The van der Waals surface area contributed by atoms with Crippen molar-refractivity contribution in [3.8, 4) is 11.1 Å². The van der Waals surface area contributed by atoms with Crippen LogP contribution in [0.25, 0.3) is 16.8 Å². The number of nitrogens with zero attached hydrogens (tertiary/aromatic N) is 3. The summed E-state index contributed by atoms with van der Waals surface area (Å²) in [5.41, 5.74) is 6.60. The van der Waals surface area contributed by atoms with Gasteiger partial charge >= 0.3 is 0 Å². The van der Waals surface area contributed by atoms with E-state index in [1.54, 1.807) is 0 Å². The zero-order chi connectivity index (χ0) is 18.1. The SMILES string of the molecule is Cc1cccc(-c2cnn3ccc(Nc4ccc(C(C)C)cc4)nc23)c1. The molecule has 0 aliphatic carbocycles. The predicted molar refractivity (Wildman–Crippen MR) is 107 cm³/mol. The van der Waals surface area contributed by atoms with E-state index in [9.17, 15) is 0 Å². The van der Waals surface area contributed by atoms with Crippen LogP contribution in [0, 0.1) is 6.92 Å². The second-order valence-electron chi connectivity index (χ2n) is 6.91. The molecule has 4 aromatic rings. The smallest absolute Gasteiger partial charge is 0.165 e. The van der Waals surface area contributed by atoms with Crippen molar-refractivity contribution in [3.63, 3.8) is 0 Å². The van der Waals surface area contributed by atoms with Gasteiger partial charge in [-0.3, -0.25) is 0 Å². The first-order valence-electron chi connectivity index (χ1n) is 8.88. The van der Waals surface area contributed by atoms with Gasteiger partial charge in [0.1, 0.15) is 5.82 Å². The van der Waals surface area contributed by atoms with Gasteiger partial charge in [-0.2, -0.15) is 5.10 Å². The summed E-state index contributed by atoms with van der Waals surface area (Å²) in [6, 6.07) is 18.8. The number of hydrogen-bond acceptors (Lipinski definition) is 3. The number of hydrogen-bond donors (Lipinski definition) is 1. The van der Waals surface area contributed by atoms with E-state index in [4.69, 9.17) is 4.98 Å². The van der Waals surface area contributed by atoms with Crippen LogP contribution >= 0.6 is 0 Å². The first-order chi connectivity index (χ1) is 12.6. The molecule has 0 amide bonds. The minimum absolute atomic E-state index is 0.530. The monoisotopic (exact) mass is 342 g/mol. The Morgan fingerprint density at radius 2 is 1.81 bits per heavy atom. The summed E-state index contributed by atoms with van der Waals surface area (Å²) in [5.74, 6) is 1.34. The maximum Gasteiger partial charge on any atom is 0.165 e. The van der Waals surface area contributed by atoms with Gasteiger partial charge in [-0.05, 0) is 42.2 Å². The Morgan fingerprint density at radius 1 is 1.00 bits per heavy atom. The van der Waals surface area contributed by atoms with Gasteiger partial charge in [-0.25, -0.2) is 9.50 Å². The largest absolute Gasteiger partial charge is 0.340 e. The number of rotatable bonds is 4. The van der Waals surface area contributed by atoms with Gasteiger partial charge in [0.05, 0.1) is 6.20 Å². The van der Waals surface area contributed by atoms with E-state index in [0.717, 1.165) is 28.3 Å². The molecule has 0 saturated carbocycles. The Hall–Kier alpha value is -3.14. The minimum Gasteiger partial charge on any atom is -0.340 e. The highest BCUT2D eigenvalue weighted by atomic mass is 15.2. The van der Waals surface area contributed by atoms with Gasteiger partial charge in [0.15, 0.2) is 5.65 Å². The molecule has 0 aliphatic rings. The Labute approximate surface area is 153 Å². The van der Waals surface area contributed by atoms with Crippen molar-refractivity contribution < 1.29 is 0 Å². The van der Waals surface area contributed by atoms with Crippen LogP contribution in [0.3, 0.4) is 0 Å². The predicted octanol–water partition coefficient (Wildman–Crippen LogP) is 5.57. The van der Waals surface area contributed by atoms with E-state index in [-0.39, 0.29) is 0 Å². The van der Waals surface area contributed by atoms with Gasteiger partial charge < -0.3 is 5.32 Å². The zero-order valence-electron chi connectivity index (χ0n) is 15.3. The lowest BCUT2D eigenvalue weighted by atomic mass is 10.0. The molecule has 4 nitrogen and oxygen atoms in total. The van der Waals surface area contributed by atoms with E-state index in [2.05, 4.69) is 79.7 Å². The first kappa shape index (κ1) is 16.3. The lowest BCUT2D eigenvalue weighted by molar-refractivity contribution is 0.867. The summed E-state index contributed by atoms with van der Waals surface area (Å²) >= 11 is 0. The average molecular weight is 342 g/mol. The van der Waals surface area contributed by atoms with Crippen molar-refractivity contribution in [3.05, 3.63) is 78.1 Å². The van der Waals surface area contributed by atoms with E-state index >= 15 is 0 Å². The van der Waals surface area contributed by atoms with E-state index in [1.807, 2.05) is 23.0 Å². The molecule has 0 spiro atoms. The Kier molecular flexibility index (Phi) is 4.17. The summed E-state index contributed by atoms with van der Waals surface area (Å²) in [6.45, 7) is 6.49. The minimum atomic E-state index is 0.530. The number of benzene rings is 2. The topological polar surface area (TPSA) is 42.2 Å². The van der Waals surface area contributed by atoms with Crippen LogP contribution in [-0.4, -0.2) is 14.6 Å². The van der Waals surface area contributed by atoms with Crippen LogP contribution in [0.15, 0.2) is 67.0 Å². The van der Waals surface area contributed by atoms with E-state index in [1.165, 1.54) is 11.1 Å². The molecule has 130 valence electrons. The number of nitrogens with one attached hydrogen (secondary N) is 1. The highest BCUT2D eigenvalue weighted by Crippen LogP contribution is 2.26. The summed E-state index contributed by atoms with van der Waals surface area (Å²) in [7, 11) is 0. The molecule has 2 aromatic carbocycles. The molecule has 2 aromatic heterocycles. The van der Waals surface area contributed by atoms with Crippen molar-refractivity contribution in [1.82, 2.24) is 14.6 Å². The summed E-state index contributed by atoms with van der Waals surface area (Å²) in [6.07, 6.45) is 3.81. The molecule has 0 bridgehead atoms.